The molecule has 0 bridgehead atoms. The van der Waals surface area contributed by atoms with E-state index in [0.29, 0.717) is 16.5 Å². The van der Waals surface area contributed by atoms with Gasteiger partial charge in [-0.25, -0.2) is 19.1 Å². The first-order valence-corrected chi connectivity index (χ1v) is 12.0. The van der Waals surface area contributed by atoms with E-state index in [1.54, 1.807) is 6.92 Å². The molecule has 3 heterocycles. The third-order valence-electron chi connectivity index (χ3n) is 5.68. The number of ether oxygens (including phenoxy) is 2. The maximum Gasteiger partial charge on any atom is 0.379 e. The van der Waals surface area contributed by atoms with Crippen LogP contribution in [0.2, 0.25) is 0 Å². The van der Waals surface area contributed by atoms with Crippen LogP contribution in [0.1, 0.15) is 70.0 Å². The van der Waals surface area contributed by atoms with E-state index < -0.39 is 23.9 Å². The quantitative estimate of drug-likeness (QED) is 0.528. The number of nitrogens with one attached hydrogen (secondary N) is 1. The second kappa shape index (κ2) is 9.49. The summed E-state index contributed by atoms with van der Waals surface area (Å²) in [5.74, 6) is -1.26. The number of hydrogen-bond acceptors (Lipinski definition) is 9. The van der Waals surface area contributed by atoms with Crippen LogP contribution in [0.3, 0.4) is 0 Å². The average Bonchev–Trinajstić information content (AvgIpc) is 3.34. The van der Waals surface area contributed by atoms with E-state index in [4.69, 9.17) is 9.47 Å². The van der Waals surface area contributed by atoms with Crippen LogP contribution in [0.15, 0.2) is 6.07 Å². The molecular formula is C23H27N5O5S. The summed E-state index contributed by atoms with van der Waals surface area (Å²) < 4.78 is 12.0. The Balaban J connectivity index is 1.51. The fourth-order valence-corrected chi connectivity index (χ4v) is 5.39. The van der Waals surface area contributed by atoms with Crippen LogP contribution in [0.4, 0.5) is 5.00 Å². The van der Waals surface area contributed by atoms with E-state index in [2.05, 4.69) is 27.3 Å². The molecule has 3 aromatic heterocycles. The van der Waals surface area contributed by atoms with Crippen molar-refractivity contribution >= 4 is 40.0 Å². The third-order valence-corrected chi connectivity index (χ3v) is 6.85. The van der Waals surface area contributed by atoms with Gasteiger partial charge in [-0.2, -0.15) is 4.98 Å². The number of amides is 1. The number of aryl methyl sites for hydroxylation is 2. The number of fused-ring (bicyclic) bond motifs is 2. The molecule has 0 saturated carbocycles. The molecule has 0 fully saturated rings. The highest BCUT2D eigenvalue weighted by Gasteiger charge is 2.31. The van der Waals surface area contributed by atoms with Crippen LogP contribution in [0, 0.1) is 19.8 Å². The van der Waals surface area contributed by atoms with Gasteiger partial charge in [0.05, 0.1) is 12.2 Å². The number of carbonyl (C=O) groups is 3. The highest BCUT2D eigenvalue weighted by molar-refractivity contribution is 7.17. The van der Waals surface area contributed by atoms with Crippen molar-refractivity contribution in [1.29, 1.82) is 0 Å². The highest BCUT2D eigenvalue weighted by Crippen LogP contribution is 2.40. The summed E-state index contributed by atoms with van der Waals surface area (Å²) in [4.78, 5) is 47.6. The van der Waals surface area contributed by atoms with Crippen molar-refractivity contribution in [3.63, 3.8) is 0 Å². The lowest BCUT2D eigenvalue weighted by molar-refractivity contribution is -0.123. The summed E-state index contributed by atoms with van der Waals surface area (Å²) in [6.45, 7) is 9.24. The second-order valence-corrected chi connectivity index (χ2v) is 9.60. The molecule has 1 N–H and O–H groups in total. The fraction of sp³-hybridized carbons (Fsp3) is 0.478. The van der Waals surface area contributed by atoms with Crippen molar-refractivity contribution < 1.29 is 23.9 Å². The van der Waals surface area contributed by atoms with Crippen molar-refractivity contribution in [2.45, 2.75) is 60.0 Å². The van der Waals surface area contributed by atoms with Crippen LogP contribution < -0.4 is 5.32 Å². The van der Waals surface area contributed by atoms with Gasteiger partial charge < -0.3 is 14.8 Å². The zero-order chi connectivity index (χ0) is 24.6. The number of esters is 2. The van der Waals surface area contributed by atoms with Gasteiger partial charge in [0.25, 0.3) is 17.5 Å². The molecule has 4 rings (SSSR count). The topological polar surface area (TPSA) is 125 Å². The van der Waals surface area contributed by atoms with E-state index in [1.807, 2.05) is 19.9 Å². The van der Waals surface area contributed by atoms with Crippen molar-refractivity contribution in [1.82, 2.24) is 19.6 Å². The second-order valence-electron chi connectivity index (χ2n) is 8.50. The van der Waals surface area contributed by atoms with Crippen LogP contribution >= 0.6 is 11.3 Å². The van der Waals surface area contributed by atoms with E-state index in [1.165, 1.54) is 22.8 Å². The van der Waals surface area contributed by atoms with Gasteiger partial charge in [0.2, 0.25) is 0 Å². The Kier molecular flexibility index (Phi) is 6.65. The number of rotatable bonds is 6. The number of thiophene rings is 1. The molecule has 1 aliphatic rings. The molecule has 3 aromatic rings. The zero-order valence-electron chi connectivity index (χ0n) is 19.8. The lowest BCUT2D eigenvalue weighted by atomic mass is 9.88. The molecule has 0 unspecified atom stereocenters. The third kappa shape index (κ3) is 4.65. The maximum absolute atomic E-state index is 12.9. The molecule has 0 saturated heterocycles. The smallest absolute Gasteiger partial charge is 0.379 e. The number of carbonyl (C=O) groups excluding carboxylic acids is 3. The molecule has 11 heteroatoms. The standard InChI is InChI=1S/C23H27N5O5S/c1-6-32-21(30)17-15-8-7-11(2)9-16(15)34-20(17)26-19(29)14(5)33-22(31)18-25-23-24-12(3)10-13(4)28(23)27-18/h10-11,14H,6-9H2,1-5H3,(H,26,29)/t11-,14+/m1/s1. The van der Waals surface area contributed by atoms with Gasteiger partial charge >= 0.3 is 11.9 Å². The van der Waals surface area contributed by atoms with Crippen LogP contribution in [-0.4, -0.2) is 50.1 Å². The summed E-state index contributed by atoms with van der Waals surface area (Å²) in [6.07, 6.45) is 1.44. The molecule has 180 valence electrons. The van der Waals surface area contributed by atoms with Crippen molar-refractivity contribution in [3.05, 3.63) is 39.3 Å². The van der Waals surface area contributed by atoms with Crippen LogP contribution in [0.25, 0.3) is 5.78 Å². The van der Waals surface area contributed by atoms with E-state index in [-0.39, 0.29) is 18.2 Å². The normalized spacial score (nSPS) is 16.1. The van der Waals surface area contributed by atoms with Crippen molar-refractivity contribution in [3.8, 4) is 0 Å². The Labute approximate surface area is 200 Å². The first-order valence-electron chi connectivity index (χ1n) is 11.2. The highest BCUT2D eigenvalue weighted by atomic mass is 32.1. The van der Waals surface area contributed by atoms with Gasteiger partial charge in [-0.1, -0.05) is 6.92 Å². The summed E-state index contributed by atoms with van der Waals surface area (Å²) in [5.41, 5.74) is 2.85. The molecule has 10 nitrogen and oxygen atoms in total. The minimum Gasteiger partial charge on any atom is -0.462 e. The van der Waals surface area contributed by atoms with Gasteiger partial charge in [0, 0.05) is 16.3 Å². The van der Waals surface area contributed by atoms with E-state index in [9.17, 15) is 14.4 Å². The predicted molar refractivity (Wildman–Crippen MR) is 125 cm³/mol. The number of hydrogen-bond donors (Lipinski definition) is 1. The molecule has 1 aliphatic carbocycles. The van der Waals surface area contributed by atoms with Crippen LogP contribution in [0.5, 0.6) is 0 Å². The SMILES string of the molecule is CCOC(=O)c1c(NC(=O)[C@H](C)OC(=O)c2nc3nc(C)cc(C)n3n2)sc2c1CC[C@@H](C)C2. The number of nitrogens with zero attached hydrogens (tertiary/aromatic N) is 4. The van der Waals surface area contributed by atoms with E-state index in [0.717, 1.165) is 41.1 Å². The zero-order valence-corrected chi connectivity index (χ0v) is 20.6. The first-order chi connectivity index (χ1) is 16.2. The van der Waals surface area contributed by atoms with Gasteiger partial charge in [-0.05, 0) is 64.5 Å². The predicted octanol–water partition coefficient (Wildman–Crippen LogP) is 3.29. The van der Waals surface area contributed by atoms with Gasteiger partial charge in [0.15, 0.2) is 6.10 Å². The van der Waals surface area contributed by atoms with Crippen molar-refractivity contribution in [2.24, 2.45) is 5.92 Å². The van der Waals surface area contributed by atoms with Crippen LogP contribution in [-0.2, 0) is 27.1 Å². The minimum absolute atomic E-state index is 0.186. The van der Waals surface area contributed by atoms with Gasteiger partial charge in [-0.15, -0.1) is 16.4 Å². The van der Waals surface area contributed by atoms with Crippen molar-refractivity contribution in [2.75, 3.05) is 11.9 Å². The Morgan fingerprint density at radius 1 is 1.26 bits per heavy atom. The lowest BCUT2D eigenvalue weighted by Gasteiger charge is -2.18. The molecule has 0 aliphatic heterocycles. The molecule has 2 atom stereocenters. The summed E-state index contributed by atoms with van der Waals surface area (Å²) in [5, 5.41) is 7.32. The summed E-state index contributed by atoms with van der Waals surface area (Å²) >= 11 is 1.38. The fourth-order valence-electron chi connectivity index (χ4n) is 3.99. The molecule has 1 amide bonds. The summed E-state index contributed by atoms with van der Waals surface area (Å²) in [6, 6.07) is 1.81. The Bertz CT molecular complexity index is 1280. The Morgan fingerprint density at radius 2 is 2.03 bits per heavy atom. The monoisotopic (exact) mass is 485 g/mol. The molecule has 34 heavy (non-hydrogen) atoms. The van der Waals surface area contributed by atoms with E-state index >= 15 is 0 Å². The van der Waals surface area contributed by atoms with Gasteiger partial charge in [-0.3, -0.25) is 4.79 Å². The average molecular weight is 486 g/mol. The Hall–Kier alpha value is -3.34. The molecule has 0 aromatic carbocycles. The molecule has 0 spiro atoms. The van der Waals surface area contributed by atoms with Gasteiger partial charge in [0.1, 0.15) is 5.00 Å². The number of aromatic nitrogens is 4. The maximum atomic E-state index is 12.9. The molecule has 0 radical (unpaired) electrons. The molecular weight excluding hydrogens is 458 g/mol. The summed E-state index contributed by atoms with van der Waals surface area (Å²) in [7, 11) is 0. The Morgan fingerprint density at radius 3 is 2.76 bits per heavy atom. The lowest BCUT2D eigenvalue weighted by Crippen LogP contribution is -2.30. The largest absolute Gasteiger partial charge is 0.462 e. The number of anilines is 1. The first kappa shape index (κ1) is 23.8. The minimum atomic E-state index is -1.14.